The highest BCUT2D eigenvalue weighted by Crippen LogP contribution is 2.33. The van der Waals surface area contributed by atoms with Gasteiger partial charge in [-0.1, -0.05) is 94.4 Å². The number of Topliss-reactive ketones (excluding diaryl/α,β-unsaturated/α-hetero) is 3. The second-order valence-electron chi connectivity index (χ2n) is 29.1. The molecule has 23 nitrogen and oxygen atoms in total. The Bertz CT molecular complexity index is 2420. The summed E-state index contributed by atoms with van der Waals surface area (Å²) in [7, 11) is 1.45. The molecule has 94 heavy (non-hydrogen) atoms. The number of carbonyl (C=O) groups is 4. The zero-order valence-corrected chi connectivity index (χ0v) is 59.1. The minimum Gasteiger partial charge on any atom is -0.393 e. The Balaban J connectivity index is 1.94. The first kappa shape index (κ1) is 86.8. The first-order valence-electron chi connectivity index (χ1n) is 34.5. The Labute approximate surface area is 559 Å². The number of amides is 1. The summed E-state index contributed by atoms with van der Waals surface area (Å²) in [4.78, 5) is 53.6. The van der Waals surface area contributed by atoms with Gasteiger partial charge in [-0.2, -0.15) is 0 Å². The van der Waals surface area contributed by atoms with Crippen molar-refractivity contribution >= 4 is 23.3 Å². The zero-order valence-electron chi connectivity index (χ0n) is 59.1. The highest BCUT2D eigenvalue weighted by atomic mass is 16.7. The fourth-order valence-electron chi connectivity index (χ4n) is 12.8. The Morgan fingerprint density at radius 3 is 1.61 bits per heavy atom. The van der Waals surface area contributed by atoms with Gasteiger partial charge in [0.15, 0.2) is 29.6 Å². The average Bonchev–Trinajstić information content (AvgIpc) is 1.61. The van der Waals surface area contributed by atoms with E-state index in [4.69, 9.17) is 15.2 Å². The van der Waals surface area contributed by atoms with E-state index >= 15 is 0 Å². The first-order chi connectivity index (χ1) is 43.5. The number of allylic oxidation sites excluding steroid dienone is 5. The van der Waals surface area contributed by atoms with Crippen LogP contribution in [-0.4, -0.2) is 228 Å². The molecular weight excluding hydrogens is 1220 g/mol. The molecule has 2 saturated heterocycles. The van der Waals surface area contributed by atoms with Crippen molar-refractivity contribution in [2.75, 3.05) is 7.05 Å². The van der Waals surface area contributed by atoms with Gasteiger partial charge in [0.2, 0.25) is 5.91 Å². The smallest absolute Gasteiger partial charge is 0.245 e. The van der Waals surface area contributed by atoms with E-state index in [9.17, 15) is 95.8 Å². The second kappa shape index (κ2) is 41.3. The molecule has 0 spiro atoms. The lowest BCUT2D eigenvalue weighted by Crippen LogP contribution is -2.61. The molecule has 1 amide bonds. The van der Waals surface area contributed by atoms with Crippen molar-refractivity contribution in [1.29, 1.82) is 0 Å². The quantitative estimate of drug-likeness (QED) is 0.0235. The lowest BCUT2D eigenvalue weighted by molar-refractivity contribution is -0.287. The molecule has 17 N–H and O–H groups in total. The normalized spacial score (nSPS) is 26.9. The average molecular weight is 1340 g/mol. The van der Waals surface area contributed by atoms with Crippen molar-refractivity contribution in [2.24, 2.45) is 64.9 Å². The topological polar surface area (TPSA) is 419 Å². The van der Waals surface area contributed by atoms with Gasteiger partial charge in [-0.25, -0.2) is 0 Å². The summed E-state index contributed by atoms with van der Waals surface area (Å²) in [5.74, 6) is -7.19. The number of likely N-dealkylation sites (N-methyl/N-ethyl adjacent to an activating group) is 1. The fourth-order valence-corrected chi connectivity index (χ4v) is 12.8. The molecule has 0 saturated carbocycles. The summed E-state index contributed by atoms with van der Waals surface area (Å²) in [5.41, 5.74) is 6.91. The predicted molar refractivity (Wildman–Crippen MR) is 356 cm³/mol. The van der Waals surface area contributed by atoms with Gasteiger partial charge in [0.25, 0.3) is 0 Å². The summed E-state index contributed by atoms with van der Waals surface area (Å²) >= 11 is 0. The summed E-state index contributed by atoms with van der Waals surface area (Å²) in [6.07, 6.45) is -11.5. The largest absolute Gasteiger partial charge is 0.393 e. The van der Waals surface area contributed by atoms with Gasteiger partial charge in [0.05, 0.1) is 109 Å². The molecule has 27 atom stereocenters. The zero-order chi connectivity index (χ0) is 72.1. The molecule has 0 bridgehead atoms. The monoisotopic (exact) mass is 1340 g/mol. The molecule has 2 rings (SSSR count). The van der Waals surface area contributed by atoms with Crippen molar-refractivity contribution in [3.63, 3.8) is 0 Å². The van der Waals surface area contributed by atoms with Crippen LogP contribution in [0.5, 0.6) is 0 Å². The van der Waals surface area contributed by atoms with E-state index < -0.39 is 169 Å². The van der Waals surface area contributed by atoms with Crippen molar-refractivity contribution < 1.29 is 105 Å². The van der Waals surface area contributed by atoms with Crippen molar-refractivity contribution in [3.05, 3.63) is 46.7 Å². The Kier molecular flexibility index (Phi) is 38.2. The van der Waals surface area contributed by atoms with Gasteiger partial charge < -0.3 is 96.7 Å². The van der Waals surface area contributed by atoms with Crippen LogP contribution in [0.25, 0.3) is 0 Å². The summed E-state index contributed by atoms with van der Waals surface area (Å²) in [6, 6.07) is -1.12. The molecule has 546 valence electrons. The number of hydrogen-bond acceptors (Lipinski definition) is 22. The van der Waals surface area contributed by atoms with Gasteiger partial charge in [-0.3, -0.25) is 19.2 Å². The van der Waals surface area contributed by atoms with Crippen LogP contribution in [0.4, 0.5) is 0 Å². The Hall–Kier alpha value is -3.28. The summed E-state index contributed by atoms with van der Waals surface area (Å²) < 4.78 is 12.0. The van der Waals surface area contributed by atoms with Crippen LogP contribution in [0.2, 0.25) is 0 Å². The predicted octanol–water partition coefficient (Wildman–Crippen LogP) is 3.60. The lowest BCUT2D eigenvalue weighted by Gasteiger charge is -2.42. The molecule has 2 aliphatic rings. The van der Waals surface area contributed by atoms with E-state index in [1.54, 1.807) is 67.5 Å². The van der Waals surface area contributed by atoms with Gasteiger partial charge in [0.1, 0.15) is 6.10 Å². The van der Waals surface area contributed by atoms with Crippen molar-refractivity contribution in [3.8, 4) is 0 Å². The maximum Gasteiger partial charge on any atom is 0.245 e. The molecule has 0 aromatic rings. The minimum atomic E-state index is -1.61. The standard InChI is InChI=1S/C71H126N2O21/c1-35(2)28-53-68(90)59(70(92)73(53)16)66(88)40(8)23-27-51(77)32-49(75)25-21-38(6)63(85)44(12)54(79)18-17-19-55(80)45(13)65(87)42(10)29-41(9)62(84)43(11)30-56(81)57(82)33-52(78)34-58(94-71-69(91)60(72)67(89)47(15)93-71)37(5)20-24-48(74)31-50(76)26-22-39(7)64(86)46(14)61(83)36(3)4/h23,28-30,35-39,41,44-52,54-61,63-65,67,69,71,74-83,85-87,89,91H,17-22,24-27,31-34,72H2,1-16H3/b40-23+,42-29+,43-30+,53-28-. The van der Waals surface area contributed by atoms with E-state index in [0.717, 1.165) is 0 Å². The molecule has 2 heterocycles. The van der Waals surface area contributed by atoms with E-state index in [0.29, 0.717) is 37.7 Å². The van der Waals surface area contributed by atoms with Gasteiger partial charge >= 0.3 is 0 Å². The number of ether oxygens (including phenoxy) is 2. The van der Waals surface area contributed by atoms with Crippen LogP contribution in [0, 0.1) is 59.2 Å². The van der Waals surface area contributed by atoms with Crippen LogP contribution in [0.15, 0.2) is 46.7 Å². The molecule has 0 aromatic heterocycles. The molecule has 0 aromatic carbocycles. The number of hydrogen-bond donors (Lipinski definition) is 16. The fraction of sp³-hybridized carbons (Fsp3) is 0.831. The maximum absolute atomic E-state index is 13.6. The Morgan fingerprint density at radius 2 is 1.09 bits per heavy atom. The van der Waals surface area contributed by atoms with Crippen molar-refractivity contribution in [1.82, 2.24) is 4.90 Å². The van der Waals surface area contributed by atoms with Crippen LogP contribution in [-0.2, 0) is 28.7 Å². The number of carbonyl (C=O) groups excluding carboxylic acids is 4. The van der Waals surface area contributed by atoms with Crippen LogP contribution >= 0.6 is 0 Å². The molecule has 0 radical (unpaired) electrons. The molecule has 27 unspecified atom stereocenters. The second-order valence-corrected chi connectivity index (χ2v) is 29.1. The number of rotatable bonds is 44. The highest BCUT2D eigenvalue weighted by molar-refractivity contribution is 6.31. The number of likely N-dealkylation sites (tertiary alicyclic amines) is 1. The van der Waals surface area contributed by atoms with Gasteiger partial charge in [-0.05, 0) is 164 Å². The van der Waals surface area contributed by atoms with E-state index in [-0.39, 0.29) is 104 Å². The molecule has 2 fully saturated rings. The maximum atomic E-state index is 13.6. The SMILES string of the molecule is C/C(=C\C(O)C(O)CC(O)CC(OC1OC(C)C(O)C(N)C1O)C(C)CCC(O)CC(O)CCC(C)C(O)C(C)C(O)C(C)C)C(=O)C(C)/C=C(\C)C(O)C(C)C(O)CCCC(O)C(C)C(O)C(C)CCC(O)CC(O)C/C=C(\C)C(=O)C1C(=O)/C(=C/C(C)C)N(C)C1=O. The number of ketones is 3. The number of nitrogens with zero attached hydrogens (tertiary/aromatic N) is 1. The van der Waals surface area contributed by atoms with E-state index in [1.165, 1.54) is 37.9 Å². The summed E-state index contributed by atoms with van der Waals surface area (Å²) in [6.45, 7) is 25.8. The molecule has 2 aliphatic heterocycles. The summed E-state index contributed by atoms with van der Waals surface area (Å²) in [5, 5.41) is 164. The van der Waals surface area contributed by atoms with E-state index in [2.05, 4.69) is 0 Å². The van der Waals surface area contributed by atoms with Crippen LogP contribution in [0.3, 0.4) is 0 Å². The molecule has 0 aliphatic carbocycles. The van der Waals surface area contributed by atoms with Gasteiger partial charge in [0, 0.05) is 37.1 Å². The third-order valence-corrected chi connectivity index (χ3v) is 19.9. The minimum absolute atomic E-state index is 0.00280. The van der Waals surface area contributed by atoms with Crippen LogP contribution < -0.4 is 5.73 Å². The van der Waals surface area contributed by atoms with Crippen LogP contribution in [0.1, 0.15) is 194 Å². The third-order valence-electron chi connectivity index (χ3n) is 19.9. The first-order valence-corrected chi connectivity index (χ1v) is 34.5. The molecular formula is C71H126N2O21. The van der Waals surface area contributed by atoms with Gasteiger partial charge in [-0.15, -0.1) is 0 Å². The lowest BCUT2D eigenvalue weighted by atomic mass is 9.82. The van der Waals surface area contributed by atoms with Crippen molar-refractivity contribution in [2.45, 2.75) is 310 Å². The molecule has 23 heteroatoms. The highest BCUT2D eigenvalue weighted by Gasteiger charge is 2.47. The number of nitrogens with two attached hydrogens (primary N) is 1. The van der Waals surface area contributed by atoms with E-state index in [1.807, 2.05) is 34.6 Å². The number of aliphatic hydroxyl groups excluding tert-OH is 15. The number of aliphatic hydroxyl groups is 15. The third kappa shape index (κ3) is 27.1. The Morgan fingerprint density at radius 1 is 0.585 bits per heavy atom.